The van der Waals surface area contributed by atoms with Gasteiger partial charge in [-0.1, -0.05) is 43.2 Å². The highest BCUT2D eigenvalue weighted by atomic mass is 32.2. The minimum atomic E-state index is -3.34. The maximum Gasteiger partial charge on any atom is 0.407 e. The summed E-state index contributed by atoms with van der Waals surface area (Å²) in [4.78, 5) is 11.4. The van der Waals surface area contributed by atoms with Crippen LogP contribution in [-0.2, 0) is 25.6 Å². The second-order valence-corrected chi connectivity index (χ2v) is 6.57. The molecule has 0 saturated heterocycles. The first-order valence-corrected chi connectivity index (χ1v) is 9.08. The van der Waals surface area contributed by atoms with Crippen molar-refractivity contribution in [2.75, 3.05) is 19.4 Å². The molecule has 0 aromatic heterocycles. The fraction of sp³-hybridized carbons (Fsp3) is 0.533. The Kier molecular flexibility index (Phi) is 8.54. The summed E-state index contributed by atoms with van der Waals surface area (Å²) in [5.74, 6) is 0. The van der Waals surface area contributed by atoms with Crippen molar-refractivity contribution in [1.82, 2.24) is 5.32 Å². The fourth-order valence-corrected chi connectivity index (χ4v) is 2.18. The van der Waals surface area contributed by atoms with Crippen LogP contribution in [0, 0.1) is 0 Å². The predicted octanol–water partition coefficient (Wildman–Crippen LogP) is 2.45. The van der Waals surface area contributed by atoms with Gasteiger partial charge in [-0.05, 0) is 18.4 Å². The Morgan fingerprint density at radius 1 is 1.09 bits per heavy atom. The van der Waals surface area contributed by atoms with Gasteiger partial charge in [0.15, 0.2) is 0 Å². The van der Waals surface area contributed by atoms with Gasteiger partial charge in [-0.3, -0.25) is 4.18 Å². The zero-order valence-electron chi connectivity index (χ0n) is 12.8. The highest BCUT2D eigenvalue weighted by Crippen LogP contribution is 2.02. The van der Waals surface area contributed by atoms with Gasteiger partial charge in [-0.15, -0.1) is 0 Å². The summed E-state index contributed by atoms with van der Waals surface area (Å²) in [5.41, 5.74) is 0.948. The third-order valence-corrected chi connectivity index (χ3v) is 3.45. The van der Waals surface area contributed by atoms with Crippen molar-refractivity contribution < 1.29 is 22.1 Å². The van der Waals surface area contributed by atoms with Gasteiger partial charge in [0.25, 0.3) is 10.1 Å². The van der Waals surface area contributed by atoms with Crippen LogP contribution in [0.2, 0.25) is 0 Å². The summed E-state index contributed by atoms with van der Waals surface area (Å²) in [6, 6.07) is 9.48. The quantitative estimate of drug-likeness (QED) is 0.527. The van der Waals surface area contributed by atoms with E-state index < -0.39 is 16.2 Å². The van der Waals surface area contributed by atoms with Crippen molar-refractivity contribution in [1.29, 1.82) is 0 Å². The van der Waals surface area contributed by atoms with Gasteiger partial charge >= 0.3 is 6.09 Å². The van der Waals surface area contributed by atoms with Gasteiger partial charge < -0.3 is 10.1 Å². The summed E-state index contributed by atoms with van der Waals surface area (Å²) >= 11 is 0. The lowest BCUT2D eigenvalue weighted by molar-refractivity contribution is 0.139. The molecule has 7 heteroatoms. The number of rotatable bonds is 10. The summed E-state index contributed by atoms with van der Waals surface area (Å²) in [6.45, 7) is 1.02. The smallest absolute Gasteiger partial charge is 0.407 e. The molecule has 0 bridgehead atoms. The van der Waals surface area contributed by atoms with Crippen LogP contribution in [0.4, 0.5) is 4.79 Å². The highest BCUT2D eigenvalue weighted by Gasteiger charge is 2.02. The first kappa shape index (κ1) is 18.4. The molecule has 22 heavy (non-hydrogen) atoms. The van der Waals surface area contributed by atoms with E-state index >= 15 is 0 Å². The first-order chi connectivity index (χ1) is 10.5. The van der Waals surface area contributed by atoms with Gasteiger partial charge in [0, 0.05) is 6.54 Å². The molecule has 0 atom stereocenters. The molecule has 0 unspecified atom stereocenters. The van der Waals surface area contributed by atoms with Crippen molar-refractivity contribution in [2.45, 2.75) is 32.3 Å². The maximum absolute atomic E-state index is 11.4. The summed E-state index contributed by atoms with van der Waals surface area (Å²) in [7, 11) is -3.34. The second-order valence-electron chi connectivity index (χ2n) is 4.93. The minimum Gasteiger partial charge on any atom is -0.445 e. The van der Waals surface area contributed by atoms with Crippen molar-refractivity contribution in [2.24, 2.45) is 0 Å². The van der Waals surface area contributed by atoms with Crippen LogP contribution < -0.4 is 5.32 Å². The number of carbonyl (C=O) groups excluding carboxylic acids is 1. The third-order valence-electron chi connectivity index (χ3n) is 2.85. The molecule has 0 aliphatic carbocycles. The van der Waals surface area contributed by atoms with E-state index in [0.717, 1.165) is 31.1 Å². The molecule has 1 amide bonds. The van der Waals surface area contributed by atoms with Gasteiger partial charge in [-0.25, -0.2) is 4.79 Å². The lowest BCUT2D eigenvalue weighted by Crippen LogP contribution is -2.25. The first-order valence-electron chi connectivity index (χ1n) is 7.26. The molecular weight excluding hydrogens is 306 g/mol. The van der Waals surface area contributed by atoms with Crippen LogP contribution in [0.15, 0.2) is 30.3 Å². The molecule has 1 aromatic rings. The fourth-order valence-electron chi connectivity index (χ4n) is 1.76. The van der Waals surface area contributed by atoms with E-state index in [-0.39, 0.29) is 13.2 Å². The number of carbonyl (C=O) groups is 1. The number of alkyl carbamates (subject to hydrolysis) is 1. The molecule has 6 nitrogen and oxygen atoms in total. The summed E-state index contributed by atoms with van der Waals surface area (Å²) < 4.78 is 31.1. The van der Waals surface area contributed by atoms with E-state index in [9.17, 15) is 13.2 Å². The molecule has 0 saturated carbocycles. The molecule has 0 fully saturated rings. The third kappa shape index (κ3) is 10.2. The van der Waals surface area contributed by atoms with Crippen LogP contribution in [0.1, 0.15) is 31.2 Å². The van der Waals surface area contributed by atoms with Gasteiger partial charge in [-0.2, -0.15) is 8.42 Å². The largest absolute Gasteiger partial charge is 0.445 e. The van der Waals surface area contributed by atoms with E-state index in [2.05, 4.69) is 9.50 Å². The number of benzene rings is 1. The normalized spacial score (nSPS) is 11.1. The zero-order valence-corrected chi connectivity index (χ0v) is 13.6. The van der Waals surface area contributed by atoms with E-state index in [1.165, 1.54) is 0 Å². The standard InChI is InChI=1S/C15H23NO5S/c1-22(18,19)21-12-8-3-2-7-11-16-15(17)20-13-14-9-5-4-6-10-14/h4-6,9-10H,2-3,7-8,11-13H2,1H3,(H,16,17). The molecule has 0 heterocycles. The number of hydrogen-bond acceptors (Lipinski definition) is 5. The van der Waals surface area contributed by atoms with E-state index in [0.29, 0.717) is 13.0 Å². The lowest BCUT2D eigenvalue weighted by atomic mass is 10.2. The van der Waals surface area contributed by atoms with Crippen molar-refractivity contribution in [3.63, 3.8) is 0 Å². The predicted molar refractivity (Wildman–Crippen MR) is 83.9 cm³/mol. The topological polar surface area (TPSA) is 81.7 Å². The molecule has 0 spiro atoms. The van der Waals surface area contributed by atoms with Gasteiger partial charge in [0.1, 0.15) is 6.61 Å². The van der Waals surface area contributed by atoms with Crippen molar-refractivity contribution >= 4 is 16.2 Å². The Balaban J connectivity index is 1.95. The number of ether oxygens (including phenoxy) is 1. The summed E-state index contributed by atoms with van der Waals surface area (Å²) in [6.07, 6.45) is 3.87. The number of amides is 1. The van der Waals surface area contributed by atoms with E-state index in [1.54, 1.807) is 0 Å². The van der Waals surface area contributed by atoms with Crippen molar-refractivity contribution in [3.8, 4) is 0 Å². The van der Waals surface area contributed by atoms with Gasteiger partial charge in [0.2, 0.25) is 0 Å². The van der Waals surface area contributed by atoms with Crippen LogP contribution in [-0.4, -0.2) is 33.9 Å². The molecule has 1 rings (SSSR count). The van der Waals surface area contributed by atoms with Crippen molar-refractivity contribution in [3.05, 3.63) is 35.9 Å². The maximum atomic E-state index is 11.4. The number of unbranched alkanes of at least 4 members (excludes halogenated alkanes) is 3. The average molecular weight is 329 g/mol. The molecule has 0 aliphatic rings. The highest BCUT2D eigenvalue weighted by molar-refractivity contribution is 7.85. The van der Waals surface area contributed by atoms with Crippen LogP contribution >= 0.6 is 0 Å². The number of nitrogens with one attached hydrogen (secondary N) is 1. The Morgan fingerprint density at radius 3 is 2.45 bits per heavy atom. The zero-order chi connectivity index (χ0) is 16.3. The lowest BCUT2D eigenvalue weighted by Gasteiger charge is -2.07. The minimum absolute atomic E-state index is 0.214. The summed E-state index contributed by atoms with van der Waals surface area (Å²) in [5, 5.41) is 2.68. The Labute approximate surface area is 131 Å². The Hall–Kier alpha value is -1.60. The average Bonchev–Trinajstić information content (AvgIpc) is 2.48. The number of hydrogen-bond donors (Lipinski definition) is 1. The SMILES string of the molecule is CS(=O)(=O)OCCCCCCNC(=O)OCc1ccccc1. The molecular formula is C15H23NO5S. The van der Waals surface area contributed by atoms with Crippen LogP contribution in [0.5, 0.6) is 0 Å². The van der Waals surface area contributed by atoms with E-state index in [1.807, 2.05) is 30.3 Å². The second kappa shape index (κ2) is 10.2. The molecule has 1 aromatic carbocycles. The Bertz CT molecular complexity index is 530. The monoisotopic (exact) mass is 329 g/mol. The van der Waals surface area contributed by atoms with Gasteiger partial charge in [0.05, 0.1) is 12.9 Å². The molecule has 0 aliphatic heterocycles. The molecule has 1 N–H and O–H groups in total. The van der Waals surface area contributed by atoms with Crippen LogP contribution in [0.3, 0.4) is 0 Å². The van der Waals surface area contributed by atoms with Crippen LogP contribution in [0.25, 0.3) is 0 Å². The molecule has 0 radical (unpaired) electrons. The van der Waals surface area contributed by atoms with E-state index in [4.69, 9.17) is 4.74 Å². The molecule has 124 valence electrons. The Morgan fingerprint density at radius 2 is 1.77 bits per heavy atom.